The van der Waals surface area contributed by atoms with E-state index in [1.165, 1.54) is 29.8 Å². The Morgan fingerprint density at radius 3 is 2.20 bits per heavy atom. The molecule has 1 aliphatic rings. The third-order valence-electron chi connectivity index (χ3n) is 9.89. The Bertz CT molecular complexity index is 2190. The van der Waals surface area contributed by atoms with E-state index in [-0.39, 0.29) is 18.9 Å². The van der Waals surface area contributed by atoms with Crippen molar-refractivity contribution in [2.45, 2.75) is 31.7 Å². The number of fused-ring (bicyclic) bond motifs is 1. The molecule has 6 aromatic rings. The van der Waals surface area contributed by atoms with Crippen LogP contribution < -0.4 is 0 Å². The van der Waals surface area contributed by atoms with Crippen molar-refractivity contribution in [3.05, 3.63) is 168 Å². The second-order valence-corrected chi connectivity index (χ2v) is 13.5. The molecule has 0 unspecified atom stereocenters. The van der Waals surface area contributed by atoms with E-state index in [4.69, 9.17) is 0 Å². The zero-order chi connectivity index (χ0) is 37.5. The molecule has 4 aromatic carbocycles. The van der Waals surface area contributed by atoms with E-state index in [1.807, 2.05) is 96.0 Å². The van der Waals surface area contributed by atoms with E-state index in [2.05, 4.69) is 27.0 Å². The average Bonchev–Trinajstić information content (AvgIpc) is 3.62. The monoisotopic (exact) mass is 727 g/mol. The summed E-state index contributed by atoms with van der Waals surface area (Å²) in [4.78, 5) is 42.7. The molecular formula is C44H40F3N5O2. The summed E-state index contributed by atoms with van der Waals surface area (Å²) in [6.45, 7) is 3.33. The maximum atomic E-state index is 14.8. The maximum Gasteiger partial charge on any atom is 0.416 e. The molecule has 1 fully saturated rings. The molecule has 1 atom stereocenters. The van der Waals surface area contributed by atoms with Crippen molar-refractivity contribution in [3.8, 4) is 11.3 Å². The number of rotatable bonds is 11. The SMILES string of the molecule is O=C([C@H](Cc1c[nH]c2ccccc12)N(Cc1ccc(-c2ccccn2)cc1)C(=O)/C=C/c1ccc(C(F)(F)F)cc1)N1CCN(Cc2ccccc2)CC1. The highest BCUT2D eigenvalue weighted by molar-refractivity contribution is 5.96. The van der Waals surface area contributed by atoms with Gasteiger partial charge in [0.15, 0.2) is 0 Å². The summed E-state index contributed by atoms with van der Waals surface area (Å²) in [5.74, 6) is -0.578. The van der Waals surface area contributed by atoms with Crippen LogP contribution in [0.5, 0.6) is 0 Å². The van der Waals surface area contributed by atoms with Gasteiger partial charge in [0.2, 0.25) is 11.8 Å². The summed E-state index contributed by atoms with van der Waals surface area (Å²) in [6.07, 6.45) is 2.26. The molecule has 0 spiro atoms. The van der Waals surface area contributed by atoms with Gasteiger partial charge in [-0.05, 0) is 58.7 Å². The number of nitrogens with zero attached hydrogens (tertiary/aromatic N) is 4. The van der Waals surface area contributed by atoms with Gasteiger partial charge in [0.25, 0.3) is 0 Å². The molecule has 1 N–H and O–H groups in total. The normalized spacial score (nSPS) is 14.4. The lowest BCUT2D eigenvalue weighted by Gasteiger charge is -2.39. The van der Waals surface area contributed by atoms with Crippen LogP contribution >= 0.6 is 0 Å². The third-order valence-corrected chi connectivity index (χ3v) is 9.89. The van der Waals surface area contributed by atoms with E-state index < -0.39 is 23.7 Å². The summed E-state index contributed by atoms with van der Waals surface area (Å²) in [6, 6.07) is 35.3. The van der Waals surface area contributed by atoms with Crippen LogP contribution in [0.3, 0.4) is 0 Å². The fraction of sp³-hybridized carbons (Fsp3) is 0.205. The number of aromatic amines is 1. The number of halogens is 3. The first kappa shape index (κ1) is 36.4. The number of benzene rings is 4. The fourth-order valence-corrected chi connectivity index (χ4v) is 6.92. The van der Waals surface area contributed by atoms with Crippen molar-refractivity contribution in [3.63, 3.8) is 0 Å². The minimum atomic E-state index is -4.47. The number of pyridine rings is 1. The van der Waals surface area contributed by atoms with Gasteiger partial charge in [0, 0.05) is 80.6 Å². The smallest absolute Gasteiger partial charge is 0.361 e. The number of alkyl halides is 3. The Morgan fingerprint density at radius 1 is 0.796 bits per heavy atom. The van der Waals surface area contributed by atoms with Crippen molar-refractivity contribution < 1.29 is 22.8 Å². The second-order valence-electron chi connectivity index (χ2n) is 13.5. The molecule has 1 aliphatic heterocycles. The molecule has 2 aromatic heterocycles. The summed E-state index contributed by atoms with van der Waals surface area (Å²) >= 11 is 0. The van der Waals surface area contributed by atoms with Gasteiger partial charge in [-0.3, -0.25) is 19.5 Å². The van der Waals surface area contributed by atoms with E-state index >= 15 is 0 Å². The molecule has 7 nitrogen and oxygen atoms in total. The number of aromatic nitrogens is 2. The molecule has 10 heteroatoms. The number of carbonyl (C=O) groups is 2. The molecular weight excluding hydrogens is 688 g/mol. The van der Waals surface area contributed by atoms with Crippen LogP contribution in [0.25, 0.3) is 28.2 Å². The van der Waals surface area contributed by atoms with Gasteiger partial charge in [-0.15, -0.1) is 0 Å². The molecule has 7 rings (SSSR count). The van der Waals surface area contributed by atoms with E-state index in [1.54, 1.807) is 11.1 Å². The van der Waals surface area contributed by atoms with Crippen LogP contribution in [-0.4, -0.2) is 68.7 Å². The highest BCUT2D eigenvalue weighted by atomic mass is 19.4. The van der Waals surface area contributed by atoms with Crippen molar-refractivity contribution >= 4 is 28.8 Å². The second kappa shape index (κ2) is 16.3. The predicted molar refractivity (Wildman–Crippen MR) is 205 cm³/mol. The van der Waals surface area contributed by atoms with Gasteiger partial charge in [0.1, 0.15) is 6.04 Å². The first-order valence-electron chi connectivity index (χ1n) is 18.0. The summed E-state index contributed by atoms with van der Waals surface area (Å²) < 4.78 is 39.7. The van der Waals surface area contributed by atoms with E-state index in [9.17, 15) is 22.8 Å². The van der Waals surface area contributed by atoms with Gasteiger partial charge in [-0.1, -0.05) is 91.0 Å². The Balaban J connectivity index is 1.20. The minimum Gasteiger partial charge on any atom is -0.361 e. The van der Waals surface area contributed by atoms with E-state index in [0.29, 0.717) is 31.7 Å². The fourth-order valence-electron chi connectivity index (χ4n) is 6.92. The Kier molecular flexibility index (Phi) is 11.0. The number of carbonyl (C=O) groups excluding carboxylic acids is 2. The predicted octanol–water partition coefficient (Wildman–Crippen LogP) is 8.25. The average molecular weight is 728 g/mol. The third kappa shape index (κ3) is 8.78. The minimum absolute atomic E-state index is 0.130. The lowest BCUT2D eigenvalue weighted by molar-refractivity contribution is -0.145. The van der Waals surface area contributed by atoms with E-state index in [0.717, 1.165) is 52.0 Å². The lowest BCUT2D eigenvalue weighted by Crippen LogP contribution is -2.56. The molecule has 3 heterocycles. The number of hydrogen-bond acceptors (Lipinski definition) is 4. The number of hydrogen-bond donors (Lipinski definition) is 1. The first-order valence-corrected chi connectivity index (χ1v) is 18.0. The standard InChI is InChI=1S/C44H40F3N5O2/c45-44(46,47)37-20-15-32(16-21-37)17-22-42(53)52(31-34-13-18-35(19-14-34)39-11-6-7-23-48-39)41(28-36-29-49-40-12-5-4-10-38(36)40)43(54)51-26-24-50(25-27-51)30-33-8-2-1-3-9-33/h1-23,29,41,49H,24-28,30-31H2/b22-17+/t41-/m0/s1. The first-order chi connectivity index (χ1) is 26.2. The Hall–Kier alpha value is -6.00. The van der Waals surface area contributed by atoms with Crippen LogP contribution in [0, 0.1) is 0 Å². The van der Waals surface area contributed by atoms with Crippen molar-refractivity contribution in [1.82, 2.24) is 24.7 Å². The van der Waals surface area contributed by atoms with Crippen molar-refractivity contribution in [2.75, 3.05) is 26.2 Å². The maximum absolute atomic E-state index is 14.8. The summed E-state index contributed by atoms with van der Waals surface area (Å²) in [5.41, 5.74) is 5.25. The van der Waals surface area contributed by atoms with Gasteiger partial charge in [-0.25, -0.2) is 0 Å². The number of H-pyrrole nitrogens is 1. The van der Waals surface area contributed by atoms with Crippen molar-refractivity contribution in [1.29, 1.82) is 0 Å². The molecule has 1 saturated heterocycles. The number of para-hydroxylation sites is 1. The lowest BCUT2D eigenvalue weighted by atomic mass is 10.00. The topological polar surface area (TPSA) is 72.5 Å². The highest BCUT2D eigenvalue weighted by Crippen LogP contribution is 2.30. The molecule has 0 aliphatic carbocycles. The van der Waals surface area contributed by atoms with Crippen LogP contribution in [0.2, 0.25) is 0 Å². The van der Waals surface area contributed by atoms with Gasteiger partial charge in [-0.2, -0.15) is 13.2 Å². The molecule has 0 bridgehead atoms. The highest BCUT2D eigenvalue weighted by Gasteiger charge is 2.35. The molecule has 2 amide bonds. The summed E-state index contributed by atoms with van der Waals surface area (Å²) in [5, 5.41) is 0.968. The molecule has 0 radical (unpaired) electrons. The zero-order valence-corrected chi connectivity index (χ0v) is 29.6. The summed E-state index contributed by atoms with van der Waals surface area (Å²) in [7, 11) is 0. The van der Waals surface area contributed by atoms with Crippen LogP contribution in [0.1, 0.15) is 27.8 Å². The number of piperazine rings is 1. The molecule has 274 valence electrons. The van der Waals surface area contributed by atoms with Crippen molar-refractivity contribution in [2.24, 2.45) is 0 Å². The Morgan fingerprint density at radius 2 is 1.50 bits per heavy atom. The number of amides is 2. The largest absolute Gasteiger partial charge is 0.416 e. The zero-order valence-electron chi connectivity index (χ0n) is 29.6. The van der Waals surface area contributed by atoms with Gasteiger partial charge >= 0.3 is 6.18 Å². The quantitative estimate of drug-likeness (QED) is 0.137. The van der Waals surface area contributed by atoms with Crippen LogP contribution in [0.4, 0.5) is 13.2 Å². The van der Waals surface area contributed by atoms with Crippen LogP contribution in [-0.2, 0) is 35.3 Å². The molecule has 0 saturated carbocycles. The number of nitrogens with one attached hydrogen (secondary N) is 1. The van der Waals surface area contributed by atoms with Gasteiger partial charge < -0.3 is 14.8 Å². The Labute approximate surface area is 312 Å². The van der Waals surface area contributed by atoms with Crippen LogP contribution in [0.15, 0.2) is 140 Å². The van der Waals surface area contributed by atoms with Gasteiger partial charge in [0.05, 0.1) is 11.3 Å². The molecule has 54 heavy (non-hydrogen) atoms.